The van der Waals surface area contributed by atoms with Gasteiger partial charge in [0.15, 0.2) is 17.3 Å². The van der Waals surface area contributed by atoms with Crippen LogP contribution in [-0.2, 0) is 4.79 Å². The number of carboxylic acids is 1. The van der Waals surface area contributed by atoms with Crippen molar-refractivity contribution in [1.29, 1.82) is 0 Å². The zero-order valence-electron chi connectivity index (χ0n) is 15.4. The van der Waals surface area contributed by atoms with E-state index in [9.17, 15) is 19.4 Å². The molecule has 0 fully saturated rings. The van der Waals surface area contributed by atoms with Crippen LogP contribution in [0, 0.1) is 5.82 Å². The predicted octanol–water partition coefficient (Wildman–Crippen LogP) is 6.01. The Morgan fingerprint density at radius 3 is 2.33 bits per heavy atom. The van der Waals surface area contributed by atoms with E-state index in [0.717, 1.165) is 23.0 Å². The van der Waals surface area contributed by atoms with Crippen LogP contribution in [0.5, 0.6) is 23.0 Å². The second-order valence-corrected chi connectivity index (χ2v) is 7.45. The minimum atomic E-state index is -1.04. The average molecular weight is 422 g/mol. The van der Waals surface area contributed by atoms with Crippen LogP contribution >= 0.6 is 11.3 Å². The Bertz CT molecular complexity index is 1260. The number of fused-ring (bicyclic) bond motifs is 1. The maximum Gasteiger partial charge on any atom is 0.328 e. The van der Waals surface area contributed by atoms with Crippen LogP contribution in [0.2, 0.25) is 0 Å². The molecule has 0 saturated carbocycles. The van der Waals surface area contributed by atoms with Crippen LogP contribution in [0.1, 0.15) is 5.56 Å². The van der Waals surface area contributed by atoms with Crippen LogP contribution in [0.25, 0.3) is 26.6 Å². The topological polar surface area (TPSA) is 87.0 Å². The molecule has 1 heterocycles. The molecular weight excluding hydrogens is 407 g/mol. The van der Waals surface area contributed by atoms with Gasteiger partial charge in [-0.25, -0.2) is 9.18 Å². The normalized spacial score (nSPS) is 11.2. The molecule has 0 unspecified atom stereocenters. The number of ether oxygens (including phenoxy) is 1. The number of hydrogen-bond donors (Lipinski definition) is 3. The van der Waals surface area contributed by atoms with Crippen molar-refractivity contribution in [3.8, 4) is 33.4 Å². The third-order valence-corrected chi connectivity index (χ3v) is 5.61. The molecule has 1 aromatic heterocycles. The summed E-state index contributed by atoms with van der Waals surface area (Å²) in [7, 11) is 0. The van der Waals surface area contributed by atoms with Gasteiger partial charge in [0.1, 0.15) is 11.5 Å². The molecule has 5 nitrogen and oxygen atoms in total. The number of phenolic OH excluding ortho intramolecular Hbond substituents is 2. The maximum atomic E-state index is 14.5. The molecule has 4 rings (SSSR count). The highest BCUT2D eigenvalue weighted by molar-refractivity contribution is 7.22. The van der Waals surface area contributed by atoms with E-state index in [0.29, 0.717) is 27.3 Å². The first-order valence-electron chi connectivity index (χ1n) is 8.84. The van der Waals surface area contributed by atoms with E-state index in [1.54, 1.807) is 42.5 Å². The van der Waals surface area contributed by atoms with Crippen molar-refractivity contribution in [1.82, 2.24) is 0 Å². The van der Waals surface area contributed by atoms with Gasteiger partial charge in [-0.15, -0.1) is 11.3 Å². The minimum Gasteiger partial charge on any atom is -0.508 e. The van der Waals surface area contributed by atoms with Crippen LogP contribution < -0.4 is 4.74 Å². The van der Waals surface area contributed by atoms with Gasteiger partial charge in [-0.2, -0.15) is 0 Å². The lowest BCUT2D eigenvalue weighted by molar-refractivity contribution is -0.131. The van der Waals surface area contributed by atoms with Gasteiger partial charge in [0.05, 0.1) is 9.58 Å². The lowest BCUT2D eigenvalue weighted by atomic mass is 10.1. The number of aliphatic carboxylic acids is 1. The van der Waals surface area contributed by atoms with Crippen LogP contribution in [0.15, 0.2) is 66.7 Å². The quantitative estimate of drug-likeness (QED) is 0.343. The number of aromatic hydroxyl groups is 2. The van der Waals surface area contributed by atoms with Gasteiger partial charge in [-0.1, -0.05) is 12.1 Å². The van der Waals surface area contributed by atoms with Crippen molar-refractivity contribution in [2.45, 2.75) is 0 Å². The number of carboxylic acid groups (broad SMARTS) is 1. The van der Waals surface area contributed by atoms with Crippen LogP contribution in [-0.4, -0.2) is 21.3 Å². The molecule has 3 aromatic carbocycles. The highest BCUT2D eigenvalue weighted by atomic mass is 32.1. The van der Waals surface area contributed by atoms with Crippen LogP contribution in [0.3, 0.4) is 0 Å². The Morgan fingerprint density at radius 2 is 1.67 bits per heavy atom. The molecule has 0 amide bonds. The second-order valence-electron chi connectivity index (χ2n) is 6.43. The Balaban J connectivity index is 1.79. The summed E-state index contributed by atoms with van der Waals surface area (Å²) >= 11 is 1.14. The maximum absolute atomic E-state index is 14.5. The number of halogens is 1. The Kier molecular flexibility index (Phi) is 5.12. The summed E-state index contributed by atoms with van der Waals surface area (Å²) in [6, 6.07) is 16.1. The number of phenols is 2. The number of rotatable bonds is 5. The highest BCUT2D eigenvalue weighted by Gasteiger charge is 2.20. The molecule has 0 aliphatic carbocycles. The van der Waals surface area contributed by atoms with E-state index < -0.39 is 17.5 Å². The summed E-state index contributed by atoms with van der Waals surface area (Å²) in [6.45, 7) is 0. The first kappa shape index (κ1) is 19.5. The Hall–Kier alpha value is -3.84. The molecule has 3 N–H and O–H groups in total. The summed E-state index contributed by atoms with van der Waals surface area (Å²) in [5, 5.41) is 28.5. The fourth-order valence-corrected chi connectivity index (χ4v) is 4.10. The third kappa shape index (κ3) is 3.83. The fourth-order valence-electron chi connectivity index (χ4n) is 2.93. The van der Waals surface area contributed by atoms with Gasteiger partial charge < -0.3 is 20.1 Å². The zero-order valence-corrected chi connectivity index (χ0v) is 16.2. The third-order valence-electron chi connectivity index (χ3n) is 4.38. The van der Waals surface area contributed by atoms with Gasteiger partial charge >= 0.3 is 5.97 Å². The first-order chi connectivity index (χ1) is 14.4. The molecule has 7 heteroatoms. The Labute approximate surface area is 174 Å². The van der Waals surface area contributed by atoms with E-state index in [1.807, 2.05) is 0 Å². The smallest absolute Gasteiger partial charge is 0.328 e. The van der Waals surface area contributed by atoms with Crippen molar-refractivity contribution >= 4 is 33.5 Å². The SMILES string of the molecule is O=C(O)/C=C/c1ccc(Oc2c(-c3ccc(O)cc3)sc3c(F)c(O)ccc23)cc1. The largest absolute Gasteiger partial charge is 0.508 e. The lowest BCUT2D eigenvalue weighted by Crippen LogP contribution is -1.87. The van der Waals surface area contributed by atoms with Gasteiger partial charge in [-0.05, 0) is 65.7 Å². The van der Waals surface area contributed by atoms with E-state index in [-0.39, 0.29) is 10.4 Å². The molecule has 30 heavy (non-hydrogen) atoms. The number of carbonyl (C=O) groups is 1. The first-order valence-corrected chi connectivity index (χ1v) is 9.66. The Morgan fingerprint density at radius 1 is 0.967 bits per heavy atom. The summed E-state index contributed by atoms with van der Waals surface area (Å²) in [6.07, 6.45) is 2.51. The highest BCUT2D eigenvalue weighted by Crippen LogP contribution is 2.48. The summed E-state index contributed by atoms with van der Waals surface area (Å²) in [5.41, 5.74) is 1.42. The monoisotopic (exact) mass is 422 g/mol. The molecule has 0 radical (unpaired) electrons. The molecule has 0 aliphatic heterocycles. The van der Waals surface area contributed by atoms with Gasteiger partial charge in [0.25, 0.3) is 0 Å². The number of thiophene rings is 1. The molecule has 0 spiro atoms. The van der Waals surface area contributed by atoms with E-state index in [2.05, 4.69) is 0 Å². The minimum absolute atomic E-state index is 0.108. The van der Waals surface area contributed by atoms with E-state index in [1.165, 1.54) is 24.3 Å². The standard InChI is InChI=1S/C23H15FO5S/c24-20-18(26)11-10-17-21(22(30-23(17)20)14-4-6-15(25)7-5-14)29-16-8-1-13(2-9-16)3-12-19(27)28/h1-12,25-26H,(H,27,28)/b12-3+. The van der Waals surface area contributed by atoms with Crippen molar-refractivity contribution in [3.05, 3.63) is 78.1 Å². The average Bonchev–Trinajstić information content (AvgIpc) is 3.10. The lowest BCUT2D eigenvalue weighted by Gasteiger charge is -2.09. The number of hydrogen-bond acceptors (Lipinski definition) is 5. The van der Waals surface area contributed by atoms with E-state index >= 15 is 0 Å². The van der Waals surface area contributed by atoms with Crippen molar-refractivity contribution < 1.29 is 29.2 Å². The van der Waals surface area contributed by atoms with E-state index in [4.69, 9.17) is 9.84 Å². The van der Waals surface area contributed by atoms with Gasteiger partial charge in [0.2, 0.25) is 0 Å². The molecule has 150 valence electrons. The van der Waals surface area contributed by atoms with Crippen molar-refractivity contribution in [3.63, 3.8) is 0 Å². The summed E-state index contributed by atoms with van der Waals surface area (Å²) in [5.74, 6) is -1.19. The van der Waals surface area contributed by atoms with Gasteiger partial charge in [0, 0.05) is 11.5 Å². The van der Waals surface area contributed by atoms with Gasteiger partial charge in [-0.3, -0.25) is 0 Å². The molecule has 0 atom stereocenters. The van der Waals surface area contributed by atoms with Crippen LogP contribution in [0.4, 0.5) is 4.39 Å². The summed E-state index contributed by atoms with van der Waals surface area (Å²) in [4.78, 5) is 11.3. The van der Waals surface area contributed by atoms with Crippen molar-refractivity contribution in [2.24, 2.45) is 0 Å². The molecule has 0 aliphatic rings. The molecule has 4 aromatic rings. The molecule has 0 bridgehead atoms. The summed E-state index contributed by atoms with van der Waals surface area (Å²) < 4.78 is 20.9. The number of benzene rings is 3. The second kappa shape index (κ2) is 7.88. The van der Waals surface area contributed by atoms with Crippen molar-refractivity contribution in [2.75, 3.05) is 0 Å². The molecule has 0 saturated heterocycles. The fraction of sp³-hybridized carbons (Fsp3) is 0. The predicted molar refractivity (Wildman–Crippen MR) is 114 cm³/mol. The molecular formula is C23H15FO5S. The zero-order chi connectivity index (χ0) is 21.3.